The Bertz CT molecular complexity index is 803. The van der Waals surface area contributed by atoms with E-state index in [1.807, 2.05) is 0 Å². The van der Waals surface area contributed by atoms with Crippen LogP contribution in [0, 0.1) is 0 Å². The van der Waals surface area contributed by atoms with E-state index in [-0.39, 0.29) is 18.0 Å². The Kier molecular flexibility index (Phi) is 6.63. The van der Waals surface area contributed by atoms with Crippen LogP contribution >= 0.6 is 0 Å². The molecule has 0 amide bonds. The minimum absolute atomic E-state index is 0.0536. The molecule has 2 aromatic rings. The van der Waals surface area contributed by atoms with Crippen LogP contribution in [-0.2, 0) is 27.9 Å². The third-order valence-electron chi connectivity index (χ3n) is 3.39. The number of sulfonamides is 1. The Labute approximate surface area is 149 Å². The topological polar surface area (TPSA) is 64.6 Å². The molecule has 0 bridgehead atoms. The van der Waals surface area contributed by atoms with Crippen molar-refractivity contribution < 1.29 is 31.1 Å². The van der Waals surface area contributed by atoms with Crippen molar-refractivity contribution in [2.75, 3.05) is 13.7 Å². The number of nitrogens with one attached hydrogen (secondary N) is 1. The zero-order valence-corrected chi connectivity index (χ0v) is 14.7. The number of halogens is 3. The van der Waals surface area contributed by atoms with Crippen molar-refractivity contribution in [3.63, 3.8) is 0 Å². The van der Waals surface area contributed by atoms with Crippen LogP contribution in [0.15, 0.2) is 53.4 Å². The molecule has 0 saturated carbocycles. The van der Waals surface area contributed by atoms with Gasteiger partial charge in [0.2, 0.25) is 10.0 Å². The van der Waals surface area contributed by atoms with Crippen LogP contribution < -0.4 is 9.46 Å². The Morgan fingerprint density at radius 3 is 2.08 bits per heavy atom. The quantitative estimate of drug-likeness (QED) is 0.753. The number of methoxy groups -OCH3 is 1. The van der Waals surface area contributed by atoms with E-state index in [1.54, 1.807) is 36.4 Å². The molecule has 0 unspecified atom stereocenters. The summed E-state index contributed by atoms with van der Waals surface area (Å²) >= 11 is 0. The van der Waals surface area contributed by atoms with Gasteiger partial charge in [0, 0.05) is 6.54 Å². The first-order valence-corrected chi connectivity index (χ1v) is 9.04. The van der Waals surface area contributed by atoms with E-state index in [4.69, 9.17) is 4.74 Å². The lowest BCUT2D eigenvalue weighted by atomic mass is 10.1. The van der Waals surface area contributed by atoms with Crippen molar-refractivity contribution in [3.8, 4) is 5.75 Å². The van der Waals surface area contributed by atoms with Gasteiger partial charge in [0.25, 0.3) is 0 Å². The van der Waals surface area contributed by atoms with Crippen LogP contribution in [0.25, 0.3) is 0 Å². The van der Waals surface area contributed by atoms with Gasteiger partial charge in [-0.25, -0.2) is 13.1 Å². The molecule has 1 N–H and O–H groups in total. The van der Waals surface area contributed by atoms with Crippen LogP contribution in [0.4, 0.5) is 13.2 Å². The summed E-state index contributed by atoms with van der Waals surface area (Å²) in [5.41, 5.74) is 1.23. The molecular weight excluding hydrogens is 371 g/mol. The molecule has 0 saturated heterocycles. The van der Waals surface area contributed by atoms with E-state index in [0.717, 1.165) is 0 Å². The highest BCUT2D eigenvalue weighted by Gasteiger charge is 2.27. The summed E-state index contributed by atoms with van der Waals surface area (Å²) in [4.78, 5) is 0.107. The summed E-state index contributed by atoms with van der Waals surface area (Å²) in [6.45, 7) is -1.42. The van der Waals surface area contributed by atoms with Crippen molar-refractivity contribution in [1.29, 1.82) is 0 Å². The average molecular weight is 389 g/mol. The Morgan fingerprint density at radius 1 is 0.962 bits per heavy atom. The van der Waals surface area contributed by atoms with Crippen LogP contribution in [0.1, 0.15) is 11.1 Å². The van der Waals surface area contributed by atoms with E-state index < -0.39 is 22.8 Å². The van der Waals surface area contributed by atoms with Crippen LogP contribution in [0.5, 0.6) is 5.75 Å². The second kappa shape index (κ2) is 8.52. The van der Waals surface area contributed by atoms with E-state index in [1.165, 1.54) is 19.2 Å². The van der Waals surface area contributed by atoms with Crippen molar-refractivity contribution in [3.05, 3.63) is 59.7 Å². The molecule has 0 atom stereocenters. The fraction of sp³-hybridized carbons (Fsp3) is 0.294. The third kappa shape index (κ3) is 6.32. The van der Waals surface area contributed by atoms with Crippen LogP contribution in [-0.4, -0.2) is 28.3 Å². The van der Waals surface area contributed by atoms with E-state index in [2.05, 4.69) is 9.46 Å². The lowest BCUT2D eigenvalue weighted by molar-refractivity contribution is -0.176. The Morgan fingerprint density at radius 2 is 1.54 bits per heavy atom. The summed E-state index contributed by atoms with van der Waals surface area (Å²) in [5, 5.41) is 0. The van der Waals surface area contributed by atoms with Crippen LogP contribution in [0.3, 0.4) is 0 Å². The van der Waals surface area contributed by atoms with Gasteiger partial charge in [-0.05, 0) is 35.4 Å². The third-order valence-corrected chi connectivity index (χ3v) is 4.81. The van der Waals surface area contributed by atoms with Gasteiger partial charge >= 0.3 is 6.18 Å². The molecule has 0 spiro atoms. The summed E-state index contributed by atoms with van der Waals surface area (Å²) in [6, 6.07) is 12.4. The standard InChI is InChI=1S/C17H18F3NO4S/c1-24-15-6-8-16(9-7-15)26(22,23)21-10-13-2-4-14(5-3-13)11-25-12-17(18,19)20/h2-9,21H,10-12H2,1H3. The number of hydrogen-bond donors (Lipinski definition) is 1. The molecule has 0 aromatic heterocycles. The second-order valence-electron chi connectivity index (χ2n) is 5.42. The first kappa shape index (κ1) is 20.2. The molecule has 0 heterocycles. The average Bonchev–Trinajstić information content (AvgIpc) is 2.60. The summed E-state index contributed by atoms with van der Waals surface area (Å²) in [6.07, 6.45) is -4.36. The molecular formula is C17H18F3NO4S. The smallest absolute Gasteiger partial charge is 0.411 e. The second-order valence-corrected chi connectivity index (χ2v) is 7.19. The van der Waals surface area contributed by atoms with Crippen molar-refractivity contribution in [2.45, 2.75) is 24.2 Å². The maximum absolute atomic E-state index is 12.2. The van der Waals surface area contributed by atoms with Gasteiger partial charge in [0.1, 0.15) is 12.4 Å². The van der Waals surface area contributed by atoms with Gasteiger partial charge < -0.3 is 9.47 Å². The monoisotopic (exact) mass is 389 g/mol. The number of alkyl halides is 3. The number of ether oxygens (including phenoxy) is 2. The van der Waals surface area contributed by atoms with Crippen molar-refractivity contribution in [1.82, 2.24) is 4.72 Å². The molecule has 0 aliphatic rings. The molecule has 0 fully saturated rings. The van der Waals surface area contributed by atoms with Gasteiger partial charge in [-0.15, -0.1) is 0 Å². The Hall–Kier alpha value is -2.10. The zero-order valence-electron chi connectivity index (χ0n) is 13.9. The predicted octanol–water partition coefficient (Wildman–Crippen LogP) is 3.25. The highest BCUT2D eigenvalue weighted by atomic mass is 32.2. The molecule has 0 aliphatic heterocycles. The lowest BCUT2D eigenvalue weighted by Crippen LogP contribution is -2.23. The predicted molar refractivity (Wildman–Crippen MR) is 89.2 cm³/mol. The zero-order chi connectivity index (χ0) is 19.2. The van der Waals surface area contributed by atoms with Crippen molar-refractivity contribution >= 4 is 10.0 Å². The summed E-state index contributed by atoms with van der Waals surface area (Å²) < 4.78 is 72.5. The van der Waals surface area contributed by atoms with Gasteiger partial charge in [-0.2, -0.15) is 13.2 Å². The molecule has 0 aliphatic carbocycles. The Balaban J connectivity index is 1.90. The maximum Gasteiger partial charge on any atom is 0.411 e. The van der Waals surface area contributed by atoms with Gasteiger partial charge in [0.15, 0.2) is 0 Å². The molecule has 26 heavy (non-hydrogen) atoms. The van der Waals surface area contributed by atoms with E-state index in [0.29, 0.717) is 16.9 Å². The minimum atomic E-state index is -4.36. The molecule has 5 nitrogen and oxygen atoms in total. The molecule has 9 heteroatoms. The van der Waals surface area contributed by atoms with E-state index in [9.17, 15) is 21.6 Å². The largest absolute Gasteiger partial charge is 0.497 e. The van der Waals surface area contributed by atoms with Gasteiger partial charge in [0.05, 0.1) is 18.6 Å². The van der Waals surface area contributed by atoms with Crippen LogP contribution in [0.2, 0.25) is 0 Å². The molecule has 0 radical (unpaired) electrons. The molecule has 2 aromatic carbocycles. The van der Waals surface area contributed by atoms with Gasteiger partial charge in [-0.3, -0.25) is 0 Å². The maximum atomic E-state index is 12.2. The number of benzene rings is 2. The fourth-order valence-corrected chi connectivity index (χ4v) is 3.07. The normalized spacial score (nSPS) is 12.2. The number of hydrogen-bond acceptors (Lipinski definition) is 4. The SMILES string of the molecule is COc1ccc(S(=O)(=O)NCc2ccc(COCC(F)(F)F)cc2)cc1. The summed E-state index contributed by atoms with van der Waals surface area (Å²) in [7, 11) is -2.19. The molecule has 142 valence electrons. The van der Waals surface area contributed by atoms with Crippen molar-refractivity contribution in [2.24, 2.45) is 0 Å². The fourth-order valence-electron chi connectivity index (χ4n) is 2.05. The lowest BCUT2D eigenvalue weighted by Gasteiger charge is -2.09. The summed E-state index contributed by atoms with van der Waals surface area (Å²) in [5.74, 6) is 0.548. The number of rotatable bonds is 8. The highest BCUT2D eigenvalue weighted by Crippen LogP contribution is 2.17. The highest BCUT2D eigenvalue weighted by molar-refractivity contribution is 7.89. The first-order chi connectivity index (χ1) is 12.2. The van der Waals surface area contributed by atoms with Gasteiger partial charge in [-0.1, -0.05) is 24.3 Å². The van der Waals surface area contributed by atoms with E-state index >= 15 is 0 Å². The molecule has 2 rings (SSSR count). The minimum Gasteiger partial charge on any atom is -0.497 e. The first-order valence-electron chi connectivity index (χ1n) is 7.56.